The largest absolute Gasteiger partial charge is 0.497 e. The molecule has 2 aliphatic rings. The van der Waals surface area contributed by atoms with Crippen molar-refractivity contribution in [2.75, 3.05) is 12.9 Å². The average Bonchev–Trinajstić information content (AvgIpc) is 2.95. The van der Waals surface area contributed by atoms with Crippen molar-refractivity contribution in [3.63, 3.8) is 0 Å². The first-order valence-corrected chi connectivity index (χ1v) is 8.65. The minimum absolute atomic E-state index is 0.112. The minimum atomic E-state index is -0.414. The third-order valence-corrected chi connectivity index (χ3v) is 4.83. The van der Waals surface area contributed by atoms with E-state index in [0.29, 0.717) is 10.3 Å². The minimum Gasteiger partial charge on any atom is -0.497 e. The van der Waals surface area contributed by atoms with Crippen LogP contribution in [0.1, 0.15) is 12.5 Å². The molecule has 0 saturated heterocycles. The molecular formula is C15H14N4O2S2. The lowest BCUT2D eigenvalue weighted by Gasteiger charge is -2.24. The summed E-state index contributed by atoms with van der Waals surface area (Å²) in [7, 11) is 1.60. The van der Waals surface area contributed by atoms with Crippen molar-refractivity contribution in [3.05, 3.63) is 35.4 Å². The van der Waals surface area contributed by atoms with Gasteiger partial charge in [-0.15, -0.1) is 0 Å². The molecule has 1 aromatic carbocycles. The summed E-state index contributed by atoms with van der Waals surface area (Å²) in [6.07, 6.45) is 1.67. The highest BCUT2D eigenvalue weighted by Crippen LogP contribution is 2.31. The third-order valence-electron chi connectivity index (χ3n) is 3.19. The molecule has 6 nitrogen and oxygen atoms in total. The van der Waals surface area contributed by atoms with Crippen LogP contribution in [0.3, 0.4) is 0 Å². The Morgan fingerprint density at radius 3 is 2.78 bits per heavy atom. The molecule has 0 radical (unpaired) electrons. The topological polar surface area (TPSA) is 78.1 Å². The number of nitrogens with one attached hydrogen (secondary N) is 1. The summed E-state index contributed by atoms with van der Waals surface area (Å²) < 4.78 is 9.39. The number of hydrogen-bond donors (Lipinski definition) is 1. The van der Waals surface area contributed by atoms with Crippen LogP contribution in [0.4, 0.5) is 0 Å². The fraction of sp³-hybridized carbons (Fsp3) is 0.200. The Balaban J connectivity index is 1.93. The lowest BCUT2D eigenvalue weighted by atomic mass is 10.1. The lowest BCUT2D eigenvalue weighted by molar-refractivity contribution is -0.114. The van der Waals surface area contributed by atoms with Gasteiger partial charge < -0.3 is 4.74 Å². The highest BCUT2D eigenvalue weighted by atomic mass is 32.2. The van der Waals surface area contributed by atoms with Crippen LogP contribution in [0.5, 0.6) is 5.75 Å². The van der Waals surface area contributed by atoms with Crippen molar-refractivity contribution in [1.82, 2.24) is 4.90 Å². The van der Waals surface area contributed by atoms with Gasteiger partial charge in [-0.1, -0.05) is 30.8 Å². The summed E-state index contributed by atoms with van der Waals surface area (Å²) >= 11 is 2.65. The second-order valence-electron chi connectivity index (χ2n) is 4.61. The van der Waals surface area contributed by atoms with E-state index < -0.39 is 5.91 Å². The average molecular weight is 346 g/mol. The molecule has 2 aliphatic heterocycles. The highest BCUT2D eigenvalue weighted by Gasteiger charge is 2.37. The molecule has 0 unspecified atom stereocenters. The van der Waals surface area contributed by atoms with Gasteiger partial charge in [0.2, 0.25) is 5.17 Å². The SMILES string of the molecule is CCSC1=NSC2=NC(=O)/C(=C\c3ccc(OC)cc3)C(=N)N12. The number of amides is 1. The van der Waals surface area contributed by atoms with Gasteiger partial charge in [-0.25, -0.2) is 4.90 Å². The van der Waals surface area contributed by atoms with Gasteiger partial charge >= 0.3 is 0 Å². The van der Waals surface area contributed by atoms with E-state index in [1.807, 2.05) is 31.2 Å². The summed E-state index contributed by atoms with van der Waals surface area (Å²) in [5, 5.41) is 9.50. The van der Waals surface area contributed by atoms with Gasteiger partial charge in [0.05, 0.1) is 24.6 Å². The fourth-order valence-electron chi connectivity index (χ4n) is 2.09. The predicted molar refractivity (Wildman–Crippen MR) is 96.1 cm³/mol. The third kappa shape index (κ3) is 3.04. The first kappa shape index (κ1) is 15.8. The van der Waals surface area contributed by atoms with Crippen LogP contribution in [0.2, 0.25) is 0 Å². The molecule has 0 saturated carbocycles. The van der Waals surface area contributed by atoms with Gasteiger partial charge in [0.15, 0.2) is 5.17 Å². The van der Waals surface area contributed by atoms with E-state index in [1.165, 1.54) is 11.8 Å². The Morgan fingerprint density at radius 2 is 2.13 bits per heavy atom. The molecule has 1 amide bonds. The lowest BCUT2D eigenvalue weighted by Crippen LogP contribution is -2.41. The van der Waals surface area contributed by atoms with E-state index in [1.54, 1.807) is 18.1 Å². The van der Waals surface area contributed by atoms with Gasteiger partial charge in [0.1, 0.15) is 11.6 Å². The molecule has 8 heteroatoms. The van der Waals surface area contributed by atoms with Crippen LogP contribution < -0.4 is 4.74 Å². The van der Waals surface area contributed by atoms with Crippen molar-refractivity contribution >= 4 is 51.9 Å². The Bertz CT molecular complexity index is 753. The number of aliphatic imine (C=N–C) groups is 1. The number of benzene rings is 1. The molecule has 0 fully saturated rings. The molecule has 0 spiro atoms. The van der Waals surface area contributed by atoms with E-state index in [0.717, 1.165) is 29.0 Å². The fourth-order valence-corrected chi connectivity index (χ4v) is 3.66. The summed E-state index contributed by atoms with van der Waals surface area (Å²) in [5.74, 6) is 1.27. The summed E-state index contributed by atoms with van der Waals surface area (Å²) in [6.45, 7) is 2.01. The number of ether oxygens (including phenoxy) is 1. The molecule has 0 bridgehead atoms. The molecule has 118 valence electrons. The van der Waals surface area contributed by atoms with E-state index >= 15 is 0 Å². The number of fused-ring (bicyclic) bond motifs is 1. The molecular weight excluding hydrogens is 332 g/mol. The standard InChI is InChI=1S/C15H14N4O2S2/c1-3-22-15-18-23-14-17-13(20)11(12(16)19(14)15)8-9-4-6-10(21-2)7-5-9/h4-8,16H,3H2,1-2H3/b11-8-,16-12?. The van der Waals surface area contributed by atoms with E-state index in [4.69, 9.17) is 10.1 Å². The summed E-state index contributed by atoms with van der Waals surface area (Å²) in [5.41, 5.74) is 1.07. The van der Waals surface area contributed by atoms with Gasteiger partial charge in [0, 0.05) is 0 Å². The van der Waals surface area contributed by atoms with Crippen molar-refractivity contribution in [3.8, 4) is 5.75 Å². The number of carbonyl (C=O) groups excluding carboxylic acids is 1. The quantitative estimate of drug-likeness (QED) is 0.672. The van der Waals surface area contributed by atoms with Gasteiger partial charge in [0.25, 0.3) is 5.91 Å². The Labute approximate surface area is 142 Å². The number of nitrogens with zero attached hydrogens (tertiary/aromatic N) is 3. The molecule has 2 heterocycles. The molecule has 0 atom stereocenters. The van der Waals surface area contributed by atoms with Crippen molar-refractivity contribution < 1.29 is 9.53 Å². The van der Waals surface area contributed by atoms with Crippen LogP contribution in [0.25, 0.3) is 6.08 Å². The Kier molecular flexibility index (Phi) is 4.53. The Hall–Kier alpha value is -2.06. The summed E-state index contributed by atoms with van der Waals surface area (Å²) in [6, 6.07) is 7.29. The van der Waals surface area contributed by atoms with Gasteiger partial charge in [-0.05, 0) is 29.5 Å². The maximum atomic E-state index is 12.2. The van der Waals surface area contributed by atoms with Gasteiger partial charge in [-0.3, -0.25) is 10.2 Å². The second-order valence-corrected chi connectivity index (χ2v) is 6.57. The molecule has 1 N–H and O–H groups in total. The predicted octanol–water partition coefficient (Wildman–Crippen LogP) is 3.02. The number of amidine groups is 3. The van der Waals surface area contributed by atoms with Crippen molar-refractivity contribution in [2.45, 2.75) is 6.92 Å². The first-order valence-electron chi connectivity index (χ1n) is 6.89. The zero-order valence-electron chi connectivity index (χ0n) is 12.6. The molecule has 0 aliphatic carbocycles. The van der Waals surface area contributed by atoms with E-state index in [2.05, 4.69) is 9.39 Å². The second kappa shape index (κ2) is 6.59. The normalized spacial score (nSPS) is 18.9. The van der Waals surface area contributed by atoms with E-state index in [9.17, 15) is 4.79 Å². The number of methoxy groups -OCH3 is 1. The van der Waals surface area contributed by atoms with Gasteiger partial charge in [-0.2, -0.15) is 9.39 Å². The van der Waals surface area contributed by atoms with Crippen LogP contribution in [-0.4, -0.2) is 39.8 Å². The highest BCUT2D eigenvalue weighted by molar-refractivity contribution is 8.19. The number of rotatable bonds is 3. The molecule has 23 heavy (non-hydrogen) atoms. The molecule has 3 rings (SSSR count). The van der Waals surface area contributed by atoms with Crippen LogP contribution >= 0.6 is 23.7 Å². The van der Waals surface area contributed by atoms with E-state index in [-0.39, 0.29) is 11.4 Å². The Morgan fingerprint density at radius 1 is 1.39 bits per heavy atom. The molecule has 1 aromatic rings. The van der Waals surface area contributed by atoms with Crippen LogP contribution in [0.15, 0.2) is 39.2 Å². The number of hydrogen-bond acceptors (Lipinski definition) is 6. The molecule has 0 aromatic heterocycles. The smallest absolute Gasteiger partial charge is 0.283 e. The zero-order chi connectivity index (χ0) is 16.4. The maximum absolute atomic E-state index is 12.2. The number of thioether (sulfide) groups is 1. The van der Waals surface area contributed by atoms with Crippen molar-refractivity contribution in [1.29, 1.82) is 5.41 Å². The van der Waals surface area contributed by atoms with Crippen LogP contribution in [0, 0.1) is 5.41 Å². The maximum Gasteiger partial charge on any atom is 0.283 e. The monoisotopic (exact) mass is 346 g/mol. The summed E-state index contributed by atoms with van der Waals surface area (Å²) in [4.78, 5) is 17.9. The first-order chi connectivity index (χ1) is 11.1. The zero-order valence-corrected chi connectivity index (χ0v) is 14.2. The number of carbonyl (C=O) groups is 1. The van der Waals surface area contributed by atoms with Crippen molar-refractivity contribution in [2.24, 2.45) is 9.39 Å². The van der Waals surface area contributed by atoms with Crippen LogP contribution in [-0.2, 0) is 4.79 Å².